The number of aromatic amines is 1. The first-order valence-electron chi connectivity index (χ1n) is 14.7. The van der Waals surface area contributed by atoms with E-state index in [2.05, 4.69) is 10.3 Å². The number of imidazole rings is 1. The van der Waals surface area contributed by atoms with Gasteiger partial charge in [-0.05, 0) is 77.6 Å². The van der Waals surface area contributed by atoms with Crippen molar-refractivity contribution >= 4 is 24.6 Å². The Bertz CT molecular complexity index is 1190. The standard InChI is InChI=1S/C30H43BN4O5/c1-19(2)25(34-28(37)38-22-10-7-8-11-22)27(36)35-17-9-12-24(35)26-32-18-23(33-26)20-13-15-21(16-14-20)31-39-29(3,4)30(5,6)40-31/h13-16,18-19,22,24-25H,7-12,17H2,1-6H3,(H,32,33)(H,34,37)/t24-,25-/m0/s1. The number of hydrogen-bond acceptors (Lipinski definition) is 6. The van der Waals surface area contributed by atoms with Crippen molar-refractivity contribution in [3.63, 3.8) is 0 Å². The van der Waals surface area contributed by atoms with Gasteiger partial charge in [-0.25, -0.2) is 9.78 Å². The van der Waals surface area contributed by atoms with Crippen LogP contribution in [-0.2, 0) is 18.8 Å². The third-order valence-corrected chi connectivity index (χ3v) is 8.96. The number of benzene rings is 1. The predicted octanol–water partition coefficient (Wildman–Crippen LogP) is 4.73. The maximum absolute atomic E-state index is 13.7. The van der Waals surface area contributed by atoms with Crippen LogP contribution in [0.4, 0.5) is 4.79 Å². The quantitative estimate of drug-likeness (QED) is 0.483. The monoisotopic (exact) mass is 550 g/mol. The summed E-state index contributed by atoms with van der Waals surface area (Å²) in [6, 6.07) is 7.26. The van der Waals surface area contributed by atoms with Crippen LogP contribution >= 0.6 is 0 Å². The second kappa shape index (κ2) is 11.2. The number of rotatable bonds is 7. The number of nitrogens with one attached hydrogen (secondary N) is 2. The zero-order valence-corrected chi connectivity index (χ0v) is 24.7. The molecular formula is C30H43BN4O5. The van der Waals surface area contributed by atoms with Gasteiger partial charge in [0.05, 0.1) is 22.9 Å². The Morgan fingerprint density at radius 3 is 2.33 bits per heavy atom. The average Bonchev–Trinajstić information content (AvgIpc) is 3.69. The van der Waals surface area contributed by atoms with Crippen molar-refractivity contribution in [2.24, 2.45) is 5.92 Å². The van der Waals surface area contributed by atoms with Crippen LogP contribution in [0, 0.1) is 5.92 Å². The number of ether oxygens (including phenoxy) is 1. The molecular weight excluding hydrogens is 507 g/mol. The fourth-order valence-electron chi connectivity index (χ4n) is 5.77. The molecule has 3 heterocycles. The first-order chi connectivity index (χ1) is 18.9. The Kier molecular flexibility index (Phi) is 8.03. The molecule has 1 aromatic heterocycles. The normalized spacial score (nSPS) is 23.1. The van der Waals surface area contributed by atoms with Crippen LogP contribution in [0.15, 0.2) is 30.5 Å². The highest BCUT2D eigenvalue weighted by Crippen LogP contribution is 2.37. The van der Waals surface area contributed by atoms with Crippen molar-refractivity contribution in [3.8, 4) is 11.3 Å². The maximum atomic E-state index is 13.7. The molecule has 10 heteroatoms. The van der Waals surface area contributed by atoms with Gasteiger partial charge in [0.25, 0.3) is 0 Å². The summed E-state index contributed by atoms with van der Waals surface area (Å²) < 4.78 is 17.9. The van der Waals surface area contributed by atoms with Gasteiger partial charge in [0.2, 0.25) is 5.91 Å². The summed E-state index contributed by atoms with van der Waals surface area (Å²) in [6.07, 6.45) is 6.98. The SMILES string of the molecule is CC(C)[C@H](NC(=O)OC1CCCC1)C(=O)N1CCC[C@H]1c1nc(-c2ccc(B3OC(C)(C)C(C)(C)O3)cc2)c[nH]1. The van der Waals surface area contributed by atoms with Crippen LogP contribution in [-0.4, -0.2) is 63.9 Å². The van der Waals surface area contributed by atoms with Gasteiger partial charge in [0.1, 0.15) is 18.0 Å². The molecule has 1 aromatic carbocycles. The second-order valence-corrected chi connectivity index (χ2v) is 12.7. The Morgan fingerprint density at radius 1 is 1.05 bits per heavy atom. The lowest BCUT2D eigenvalue weighted by molar-refractivity contribution is -0.135. The molecule has 2 atom stereocenters. The minimum Gasteiger partial charge on any atom is -0.446 e. The highest BCUT2D eigenvalue weighted by Gasteiger charge is 2.51. The molecule has 0 unspecified atom stereocenters. The maximum Gasteiger partial charge on any atom is 0.494 e. The molecule has 2 aliphatic heterocycles. The Hall–Kier alpha value is -2.85. The van der Waals surface area contributed by atoms with Crippen molar-refractivity contribution in [2.45, 2.75) is 109 Å². The smallest absolute Gasteiger partial charge is 0.446 e. The van der Waals surface area contributed by atoms with E-state index in [0.29, 0.717) is 6.54 Å². The molecule has 3 fully saturated rings. The molecule has 3 aliphatic rings. The van der Waals surface area contributed by atoms with Gasteiger partial charge in [-0.15, -0.1) is 0 Å². The lowest BCUT2D eigenvalue weighted by Crippen LogP contribution is -2.51. The molecule has 2 saturated heterocycles. The van der Waals surface area contributed by atoms with Gasteiger partial charge < -0.3 is 29.2 Å². The lowest BCUT2D eigenvalue weighted by Gasteiger charge is -2.32. The summed E-state index contributed by atoms with van der Waals surface area (Å²) in [6.45, 7) is 12.7. The van der Waals surface area contributed by atoms with Crippen LogP contribution in [0.25, 0.3) is 11.3 Å². The molecule has 5 rings (SSSR count). The van der Waals surface area contributed by atoms with E-state index in [4.69, 9.17) is 19.0 Å². The van der Waals surface area contributed by atoms with E-state index >= 15 is 0 Å². The number of amides is 2. The molecule has 0 bridgehead atoms. The molecule has 0 radical (unpaired) electrons. The van der Waals surface area contributed by atoms with Crippen LogP contribution in [0.1, 0.15) is 91.9 Å². The molecule has 9 nitrogen and oxygen atoms in total. The first kappa shape index (κ1) is 28.7. The van der Waals surface area contributed by atoms with E-state index in [0.717, 1.165) is 61.1 Å². The number of alkyl carbamates (subject to hydrolysis) is 1. The first-order valence-corrected chi connectivity index (χ1v) is 14.7. The molecule has 2 N–H and O–H groups in total. The van der Waals surface area contributed by atoms with Gasteiger partial charge in [-0.2, -0.15) is 0 Å². The Morgan fingerprint density at radius 2 is 1.70 bits per heavy atom. The highest BCUT2D eigenvalue weighted by molar-refractivity contribution is 6.62. The van der Waals surface area contributed by atoms with Crippen LogP contribution in [0.5, 0.6) is 0 Å². The molecule has 2 amide bonds. The van der Waals surface area contributed by atoms with E-state index in [1.165, 1.54) is 0 Å². The Labute approximate surface area is 237 Å². The van der Waals surface area contributed by atoms with Crippen LogP contribution in [0.2, 0.25) is 0 Å². The van der Waals surface area contributed by atoms with E-state index in [9.17, 15) is 9.59 Å². The number of nitrogens with zero attached hydrogens (tertiary/aromatic N) is 2. The minimum absolute atomic E-state index is 0.0463. The summed E-state index contributed by atoms with van der Waals surface area (Å²) in [4.78, 5) is 36.3. The number of hydrogen-bond donors (Lipinski definition) is 2. The van der Waals surface area contributed by atoms with E-state index in [-0.39, 0.29) is 24.0 Å². The molecule has 1 aliphatic carbocycles. The van der Waals surface area contributed by atoms with E-state index < -0.39 is 30.5 Å². The van der Waals surface area contributed by atoms with Crippen LogP contribution < -0.4 is 10.8 Å². The predicted molar refractivity (Wildman–Crippen MR) is 154 cm³/mol. The van der Waals surface area contributed by atoms with Gasteiger partial charge in [0, 0.05) is 18.3 Å². The second-order valence-electron chi connectivity index (χ2n) is 12.7. The summed E-state index contributed by atoms with van der Waals surface area (Å²) in [5.74, 6) is 0.594. The fraction of sp³-hybridized carbons (Fsp3) is 0.633. The van der Waals surface area contributed by atoms with Crippen molar-refractivity contribution in [1.29, 1.82) is 0 Å². The van der Waals surface area contributed by atoms with Gasteiger partial charge in [-0.3, -0.25) is 4.79 Å². The molecule has 2 aromatic rings. The summed E-state index contributed by atoms with van der Waals surface area (Å²) in [5, 5.41) is 2.86. The third kappa shape index (κ3) is 5.79. The third-order valence-electron chi connectivity index (χ3n) is 8.96. The van der Waals surface area contributed by atoms with Crippen molar-refractivity contribution in [1.82, 2.24) is 20.2 Å². The van der Waals surface area contributed by atoms with Crippen molar-refractivity contribution < 1.29 is 23.6 Å². The zero-order valence-electron chi connectivity index (χ0n) is 24.7. The molecule has 216 valence electrons. The van der Waals surface area contributed by atoms with Gasteiger partial charge in [-0.1, -0.05) is 38.1 Å². The molecule has 40 heavy (non-hydrogen) atoms. The molecule has 0 spiro atoms. The minimum atomic E-state index is -0.647. The lowest BCUT2D eigenvalue weighted by atomic mass is 9.79. The zero-order chi connectivity index (χ0) is 28.7. The van der Waals surface area contributed by atoms with Gasteiger partial charge in [0.15, 0.2) is 0 Å². The van der Waals surface area contributed by atoms with Crippen molar-refractivity contribution in [3.05, 3.63) is 36.3 Å². The number of carbonyl (C=O) groups excluding carboxylic acids is 2. The Balaban J connectivity index is 1.25. The molecule has 1 saturated carbocycles. The van der Waals surface area contributed by atoms with Crippen LogP contribution in [0.3, 0.4) is 0 Å². The fourth-order valence-corrected chi connectivity index (χ4v) is 5.77. The summed E-state index contributed by atoms with van der Waals surface area (Å²) in [7, 11) is -0.412. The number of likely N-dealkylation sites (tertiary alicyclic amines) is 1. The van der Waals surface area contributed by atoms with Gasteiger partial charge >= 0.3 is 13.2 Å². The summed E-state index contributed by atoms with van der Waals surface area (Å²) in [5.41, 5.74) is 1.96. The van der Waals surface area contributed by atoms with E-state index in [1.807, 2.05) is 76.9 Å². The van der Waals surface area contributed by atoms with E-state index in [1.54, 1.807) is 0 Å². The number of H-pyrrole nitrogens is 1. The average molecular weight is 551 g/mol. The number of carbonyl (C=O) groups is 2. The highest BCUT2D eigenvalue weighted by atomic mass is 16.7. The van der Waals surface area contributed by atoms with Crippen molar-refractivity contribution in [2.75, 3.05) is 6.54 Å². The largest absolute Gasteiger partial charge is 0.494 e. The number of aromatic nitrogens is 2. The topological polar surface area (TPSA) is 106 Å². The summed E-state index contributed by atoms with van der Waals surface area (Å²) >= 11 is 0.